The van der Waals surface area contributed by atoms with E-state index in [1.807, 2.05) is 12.1 Å². The molecule has 0 unspecified atom stereocenters. The summed E-state index contributed by atoms with van der Waals surface area (Å²) in [5.41, 5.74) is 21.6. The van der Waals surface area contributed by atoms with Gasteiger partial charge in [0.05, 0.1) is 44.1 Å². The molecule has 0 amide bonds. The summed E-state index contributed by atoms with van der Waals surface area (Å²) in [6, 6.07) is 96.6. The van der Waals surface area contributed by atoms with Gasteiger partial charge in [0.2, 0.25) is 0 Å². The number of fused-ring (bicyclic) bond motifs is 19. The van der Waals surface area contributed by atoms with Gasteiger partial charge in [-0.1, -0.05) is 172 Å². The molecule has 5 nitrogen and oxygen atoms in total. The molecular formula is C75H50N4O. The number of hydrogen-bond acceptors (Lipinski definition) is 1. The van der Waals surface area contributed by atoms with Crippen LogP contribution in [-0.2, 0) is 5.41 Å². The molecule has 0 spiro atoms. The predicted octanol–water partition coefficient (Wildman–Crippen LogP) is 20.0. The van der Waals surface area contributed by atoms with Crippen molar-refractivity contribution in [2.24, 2.45) is 0 Å². The summed E-state index contributed by atoms with van der Waals surface area (Å²) in [6.45, 7) is 4.71. The Balaban J connectivity index is 0.000000128. The Morgan fingerprint density at radius 3 is 1.29 bits per heavy atom. The maximum absolute atomic E-state index is 6.28. The maximum atomic E-state index is 6.28. The van der Waals surface area contributed by atoms with Gasteiger partial charge in [0.15, 0.2) is 0 Å². The van der Waals surface area contributed by atoms with Crippen LogP contribution in [0.3, 0.4) is 0 Å². The predicted molar refractivity (Wildman–Crippen MR) is 335 cm³/mol. The molecule has 0 N–H and O–H groups in total. The lowest BCUT2D eigenvalue weighted by molar-refractivity contribution is 0.660. The average Bonchev–Trinajstić information content (AvgIpc) is 4.17. The smallest absolute Gasteiger partial charge is 0.137 e. The minimum atomic E-state index is -0.0446. The molecule has 1 aliphatic rings. The Morgan fingerprint density at radius 1 is 0.250 bits per heavy atom. The number of hydrogen-bond donors (Lipinski definition) is 0. The van der Waals surface area contributed by atoms with Crippen LogP contribution in [0.4, 0.5) is 0 Å². The molecule has 5 heteroatoms. The molecule has 376 valence electrons. The zero-order chi connectivity index (χ0) is 52.8. The third-order valence-corrected chi connectivity index (χ3v) is 17.4. The van der Waals surface area contributed by atoms with Crippen molar-refractivity contribution in [2.75, 3.05) is 0 Å². The van der Waals surface area contributed by atoms with Gasteiger partial charge in [0, 0.05) is 88.1 Å². The van der Waals surface area contributed by atoms with Crippen molar-refractivity contribution >= 4 is 109 Å². The third-order valence-electron chi connectivity index (χ3n) is 17.4. The van der Waals surface area contributed by atoms with Gasteiger partial charge < -0.3 is 22.7 Å². The fourth-order valence-corrected chi connectivity index (χ4v) is 13.9. The second-order valence-electron chi connectivity index (χ2n) is 22.0. The highest BCUT2D eigenvalue weighted by atomic mass is 16.3. The largest absolute Gasteiger partial charge is 0.456 e. The standard InChI is InChI=1S/C39H28N2.C36H22N2O/c1-39(2)31-17-9-6-14-27(31)28-21-20-26(24-32(28)39)41-34-19-11-8-16-30(34)38-36(41)23-22-35-37(38)29-15-7-10-18-33(29)40(35)25-12-4-3-5-13-25;1-2-10-23(11-3-1)37-31-15-7-4-12-25(31)29-21-30-26-13-5-8-16-32(26)38(34(30)22-33(29)37)24-18-19-28-27-14-6-9-17-35(27)39-36(28)20-24/h3-24H,1-2H3;1-22H. The summed E-state index contributed by atoms with van der Waals surface area (Å²) in [6.07, 6.45) is 0. The molecule has 5 heterocycles. The van der Waals surface area contributed by atoms with E-state index in [4.69, 9.17) is 4.42 Å². The van der Waals surface area contributed by atoms with Crippen molar-refractivity contribution in [3.8, 4) is 33.9 Å². The van der Waals surface area contributed by atoms with Crippen LogP contribution in [0.25, 0.3) is 143 Å². The van der Waals surface area contributed by atoms with E-state index in [2.05, 4.69) is 287 Å². The second-order valence-corrected chi connectivity index (χ2v) is 22.0. The Hall–Kier alpha value is -10.4. The number of benzene rings is 12. The highest BCUT2D eigenvalue weighted by Crippen LogP contribution is 2.50. The van der Waals surface area contributed by atoms with Gasteiger partial charge in [-0.25, -0.2) is 0 Å². The first-order chi connectivity index (χ1) is 39.5. The molecular weight excluding hydrogens is 973 g/mol. The number of aromatic nitrogens is 4. The van der Waals surface area contributed by atoms with Crippen molar-refractivity contribution in [2.45, 2.75) is 19.3 Å². The van der Waals surface area contributed by atoms with Gasteiger partial charge in [0.1, 0.15) is 11.2 Å². The van der Waals surface area contributed by atoms with Crippen LogP contribution in [0.2, 0.25) is 0 Å². The van der Waals surface area contributed by atoms with Crippen molar-refractivity contribution in [1.82, 2.24) is 18.3 Å². The fourth-order valence-electron chi connectivity index (χ4n) is 13.9. The number of furan rings is 1. The summed E-state index contributed by atoms with van der Waals surface area (Å²) >= 11 is 0. The highest BCUT2D eigenvalue weighted by molar-refractivity contribution is 6.29. The van der Waals surface area contributed by atoms with E-state index in [9.17, 15) is 0 Å². The Morgan fingerprint density at radius 2 is 0.675 bits per heavy atom. The first kappa shape index (κ1) is 44.7. The lowest BCUT2D eigenvalue weighted by atomic mass is 9.82. The first-order valence-electron chi connectivity index (χ1n) is 27.7. The Bertz CT molecular complexity index is 5390. The van der Waals surface area contributed by atoms with Gasteiger partial charge in [-0.2, -0.15) is 0 Å². The van der Waals surface area contributed by atoms with E-state index < -0.39 is 0 Å². The van der Waals surface area contributed by atoms with E-state index >= 15 is 0 Å². The quantitative estimate of drug-likeness (QED) is 0.173. The van der Waals surface area contributed by atoms with Crippen LogP contribution in [0.15, 0.2) is 271 Å². The third kappa shape index (κ3) is 6.28. The van der Waals surface area contributed by atoms with E-state index in [0.717, 1.165) is 33.3 Å². The zero-order valence-corrected chi connectivity index (χ0v) is 44.1. The summed E-state index contributed by atoms with van der Waals surface area (Å²) in [5.74, 6) is 0. The monoisotopic (exact) mass is 1020 g/mol. The van der Waals surface area contributed by atoms with Gasteiger partial charge in [0.25, 0.3) is 0 Å². The molecule has 1 aliphatic carbocycles. The van der Waals surface area contributed by atoms with E-state index in [-0.39, 0.29) is 5.41 Å². The van der Waals surface area contributed by atoms with Gasteiger partial charge in [-0.15, -0.1) is 0 Å². The van der Waals surface area contributed by atoms with Gasteiger partial charge in [-0.3, -0.25) is 0 Å². The normalized spacial score (nSPS) is 13.0. The molecule has 5 aromatic heterocycles. The zero-order valence-electron chi connectivity index (χ0n) is 44.1. The van der Waals surface area contributed by atoms with Gasteiger partial charge >= 0.3 is 0 Å². The van der Waals surface area contributed by atoms with Crippen LogP contribution in [0.1, 0.15) is 25.0 Å². The summed E-state index contributed by atoms with van der Waals surface area (Å²) < 4.78 is 15.9. The number of nitrogens with zero attached hydrogens (tertiary/aromatic N) is 4. The maximum Gasteiger partial charge on any atom is 0.137 e. The fraction of sp³-hybridized carbons (Fsp3) is 0.0400. The lowest BCUT2D eigenvalue weighted by Crippen LogP contribution is -2.15. The topological polar surface area (TPSA) is 32.9 Å². The van der Waals surface area contributed by atoms with Crippen LogP contribution in [-0.4, -0.2) is 18.3 Å². The van der Waals surface area contributed by atoms with Crippen LogP contribution in [0.5, 0.6) is 0 Å². The number of para-hydroxylation sites is 7. The first-order valence-corrected chi connectivity index (χ1v) is 27.7. The molecule has 0 atom stereocenters. The van der Waals surface area contributed by atoms with Crippen molar-refractivity contribution in [1.29, 1.82) is 0 Å². The molecule has 0 fully saturated rings. The SMILES string of the molecule is CC1(C)c2ccccc2-c2ccc(-n3c4ccccc4c4c5c6ccccc6n(-c6ccccc6)c5ccc43)cc21.c1ccc(-n2c3ccccc3c3cc4c5ccccc5n(-c5ccc6c(c5)oc5ccccc56)c4cc32)cc1. The molecule has 18 rings (SSSR count). The molecule has 12 aromatic carbocycles. The Labute approximate surface area is 460 Å². The molecule has 0 bridgehead atoms. The van der Waals surface area contributed by atoms with Crippen molar-refractivity contribution in [3.05, 3.63) is 278 Å². The van der Waals surface area contributed by atoms with Crippen molar-refractivity contribution in [3.63, 3.8) is 0 Å². The van der Waals surface area contributed by atoms with Crippen LogP contribution < -0.4 is 0 Å². The van der Waals surface area contributed by atoms with E-state index in [1.165, 1.54) is 121 Å². The molecule has 0 saturated heterocycles. The minimum absolute atomic E-state index is 0.0446. The molecule has 0 radical (unpaired) electrons. The molecule has 80 heavy (non-hydrogen) atoms. The minimum Gasteiger partial charge on any atom is -0.456 e. The highest BCUT2D eigenvalue weighted by Gasteiger charge is 2.35. The van der Waals surface area contributed by atoms with Gasteiger partial charge in [-0.05, 0) is 125 Å². The molecule has 0 saturated carbocycles. The number of rotatable bonds is 4. The Kier molecular flexibility index (Phi) is 9.41. The molecule has 0 aliphatic heterocycles. The molecule has 17 aromatic rings. The summed E-state index contributed by atoms with van der Waals surface area (Å²) in [5, 5.41) is 12.5. The summed E-state index contributed by atoms with van der Waals surface area (Å²) in [4.78, 5) is 0. The lowest BCUT2D eigenvalue weighted by Gasteiger charge is -2.22. The van der Waals surface area contributed by atoms with Crippen molar-refractivity contribution < 1.29 is 4.42 Å². The second kappa shape index (κ2) is 16.8. The summed E-state index contributed by atoms with van der Waals surface area (Å²) in [7, 11) is 0. The van der Waals surface area contributed by atoms with Crippen LogP contribution in [0, 0.1) is 0 Å². The van der Waals surface area contributed by atoms with E-state index in [1.54, 1.807) is 0 Å². The van der Waals surface area contributed by atoms with E-state index in [0.29, 0.717) is 0 Å². The average molecular weight is 1020 g/mol. The van der Waals surface area contributed by atoms with Crippen LogP contribution >= 0.6 is 0 Å².